The molecule has 0 amide bonds. The van der Waals surface area contributed by atoms with Crippen LogP contribution in [-0.2, 0) is 23.1 Å². The van der Waals surface area contributed by atoms with Gasteiger partial charge in [-0.2, -0.15) is 9.59 Å². The van der Waals surface area contributed by atoms with Crippen molar-refractivity contribution in [1.82, 2.24) is 9.55 Å². The van der Waals surface area contributed by atoms with Crippen LogP contribution in [0, 0.1) is 0 Å². The quantitative estimate of drug-likeness (QED) is 0.588. The highest BCUT2D eigenvalue weighted by atomic mass is 16.2. The molecule has 0 aromatic carbocycles. The topological polar surface area (TPSA) is 52.0 Å². The molecule has 0 atom stereocenters. The van der Waals surface area contributed by atoms with E-state index in [4.69, 9.17) is 9.59 Å². The second-order valence-corrected chi connectivity index (χ2v) is 1.97. The number of nitrogens with zero attached hydrogens (tertiary/aromatic N) is 2. The van der Waals surface area contributed by atoms with Crippen LogP contribution in [0.2, 0.25) is 0 Å². The molecule has 0 saturated carbocycles. The number of carbonyl (C=O) groups excluding carboxylic acids is 2. The van der Waals surface area contributed by atoms with Gasteiger partial charge < -0.3 is 4.57 Å². The molecule has 1 heterocycles. The molecule has 0 radical (unpaired) electrons. The predicted molar refractivity (Wildman–Crippen MR) is 37.6 cm³/mol. The zero-order valence-corrected chi connectivity index (χ0v) is 6.57. The van der Waals surface area contributed by atoms with Gasteiger partial charge in [-0.3, -0.25) is 0 Å². The zero-order valence-electron chi connectivity index (χ0n) is 6.57. The van der Waals surface area contributed by atoms with Crippen LogP contribution >= 0.6 is 0 Å². The summed E-state index contributed by atoms with van der Waals surface area (Å²) in [5.74, 6) is 0. The van der Waals surface area contributed by atoms with Crippen molar-refractivity contribution in [2.24, 2.45) is 7.05 Å². The maximum Gasteiger partial charge on any atom is 0.373 e. The van der Waals surface area contributed by atoms with Gasteiger partial charge in [-0.15, -0.1) is 0 Å². The Balaban J connectivity index is 0.000000292. The lowest BCUT2D eigenvalue weighted by molar-refractivity contribution is -0.191. The first kappa shape index (κ1) is 9.59. The maximum absolute atomic E-state index is 8.12. The fourth-order valence-electron chi connectivity index (χ4n) is 0.650. The molecule has 0 fully saturated rings. The molecular weight excluding hydrogens is 144 g/mol. The average Bonchev–Trinajstić information content (AvgIpc) is 2.37. The van der Waals surface area contributed by atoms with E-state index in [1.807, 2.05) is 24.1 Å². The molecule has 11 heavy (non-hydrogen) atoms. The van der Waals surface area contributed by atoms with Gasteiger partial charge in [-0.25, -0.2) is 4.98 Å². The van der Waals surface area contributed by atoms with Crippen LogP contribution in [0.1, 0.15) is 12.6 Å². The molecular formula is C7H10N2O2. The molecule has 0 bridgehead atoms. The molecule has 0 unspecified atom stereocenters. The summed E-state index contributed by atoms with van der Waals surface area (Å²) in [5.41, 5.74) is 1.16. The van der Waals surface area contributed by atoms with E-state index in [1.165, 1.54) is 0 Å². The molecule has 1 aromatic heterocycles. The SMILES string of the molecule is CCc1cn(C)cn1.O=C=O. The van der Waals surface area contributed by atoms with E-state index in [-0.39, 0.29) is 6.15 Å². The van der Waals surface area contributed by atoms with E-state index in [9.17, 15) is 0 Å². The van der Waals surface area contributed by atoms with Crippen molar-refractivity contribution in [1.29, 1.82) is 0 Å². The third-order valence-corrected chi connectivity index (χ3v) is 1.12. The Hall–Kier alpha value is -1.41. The van der Waals surface area contributed by atoms with Crippen molar-refractivity contribution in [2.75, 3.05) is 0 Å². The van der Waals surface area contributed by atoms with Gasteiger partial charge in [-0.05, 0) is 6.42 Å². The smallest absolute Gasteiger partial charge is 0.340 e. The molecule has 0 saturated heterocycles. The lowest BCUT2D eigenvalue weighted by Crippen LogP contribution is -1.78. The minimum atomic E-state index is 0.250. The Morgan fingerprint density at radius 3 is 2.36 bits per heavy atom. The van der Waals surface area contributed by atoms with Crippen LogP contribution in [0.15, 0.2) is 12.5 Å². The highest BCUT2D eigenvalue weighted by molar-refractivity contribution is 5.20. The van der Waals surface area contributed by atoms with E-state index in [2.05, 4.69) is 11.9 Å². The van der Waals surface area contributed by atoms with Gasteiger partial charge >= 0.3 is 6.15 Å². The van der Waals surface area contributed by atoms with Crippen molar-refractivity contribution in [3.8, 4) is 0 Å². The highest BCUT2D eigenvalue weighted by Gasteiger charge is 1.88. The predicted octanol–water partition coefficient (Wildman–Crippen LogP) is 0.399. The average molecular weight is 154 g/mol. The highest BCUT2D eigenvalue weighted by Crippen LogP contribution is 1.92. The van der Waals surface area contributed by atoms with Crippen molar-refractivity contribution in [3.63, 3.8) is 0 Å². The lowest BCUT2D eigenvalue weighted by atomic mass is 10.4. The van der Waals surface area contributed by atoms with Crippen LogP contribution in [0.25, 0.3) is 0 Å². The number of imidazole rings is 1. The van der Waals surface area contributed by atoms with Crippen LogP contribution in [0.5, 0.6) is 0 Å². The van der Waals surface area contributed by atoms with E-state index in [1.54, 1.807) is 0 Å². The fourth-order valence-corrected chi connectivity index (χ4v) is 0.650. The molecule has 0 N–H and O–H groups in total. The standard InChI is InChI=1S/C6H10N2.CO2/c1-3-6-4-8(2)5-7-6;2-1-3/h4-5H,3H2,1-2H3;. The molecule has 0 aliphatic rings. The molecule has 4 heteroatoms. The molecule has 1 aromatic rings. The van der Waals surface area contributed by atoms with Crippen LogP contribution in [0.4, 0.5) is 0 Å². The van der Waals surface area contributed by atoms with Gasteiger partial charge in [0.25, 0.3) is 0 Å². The van der Waals surface area contributed by atoms with E-state index in [0.29, 0.717) is 0 Å². The van der Waals surface area contributed by atoms with Gasteiger partial charge in [0.15, 0.2) is 0 Å². The Morgan fingerprint density at radius 2 is 2.18 bits per heavy atom. The summed E-state index contributed by atoms with van der Waals surface area (Å²) < 4.78 is 1.96. The fraction of sp³-hybridized carbons (Fsp3) is 0.429. The van der Waals surface area contributed by atoms with Gasteiger partial charge in [-0.1, -0.05) is 6.92 Å². The number of hydrogen-bond acceptors (Lipinski definition) is 3. The monoisotopic (exact) mass is 154 g/mol. The number of hydrogen-bond donors (Lipinski definition) is 0. The van der Waals surface area contributed by atoms with Gasteiger partial charge in [0.2, 0.25) is 0 Å². The second kappa shape index (κ2) is 5.38. The molecule has 1 rings (SSSR count). The molecule has 0 spiro atoms. The van der Waals surface area contributed by atoms with E-state index < -0.39 is 0 Å². The summed E-state index contributed by atoms with van der Waals surface area (Å²) in [5, 5.41) is 0. The van der Waals surface area contributed by atoms with E-state index in [0.717, 1.165) is 12.1 Å². The Morgan fingerprint density at radius 1 is 1.64 bits per heavy atom. The molecule has 0 aliphatic heterocycles. The third-order valence-electron chi connectivity index (χ3n) is 1.12. The third kappa shape index (κ3) is 4.06. The Bertz CT molecular complexity index is 236. The van der Waals surface area contributed by atoms with Gasteiger partial charge in [0, 0.05) is 13.2 Å². The first-order chi connectivity index (χ1) is 5.24. The minimum absolute atomic E-state index is 0.250. The van der Waals surface area contributed by atoms with Crippen LogP contribution in [0.3, 0.4) is 0 Å². The summed E-state index contributed by atoms with van der Waals surface area (Å²) in [6.07, 6.45) is 5.12. The minimum Gasteiger partial charge on any atom is -0.340 e. The Kier molecular flexibility index (Phi) is 4.69. The second-order valence-electron chi connectivity index (χ2n) is 1.97. The van der Waals surface area contributed by atoms with Crippen LogP contribution < -0.4 is 0 Å². The van der Waals surface area contributed by atoms with Crippen LogP contribution in [-0.4, -0.2) is 15.7 Å². The maximum atomic E-state index is 8.12. The summed E-state index contributed by atoms with van der Waals surface area (Å²) in [6.45, 7) is 2.10. The largest absolute Gasteiger partial charge is 0.373 e. The first-order valence-electron chi connectivity index (χ1n) is 3.20. The zero-order chi connectivity index (χ0) is 8.69. The first-order valence-corrected chi connectivity index (χ1v) is 3.20. The van der Waals surface area contributed by atoms with Crippen molar-refractivity contribution in [2.45, 2.75) is 13.3 Å². The van der Waals surface area contributed by atoms with Gasteiger partial charge in [0.05, 0.1) is 12.0 Å². The van der Waals surface area contributed by atoms with Crippen molar-refractivity contribution in [3.05, 3.63) is 18.2 Å². The Labute approximate surface area is 64.9 Å². The normalized spacial score (nSPS) is 7.82. The number of aromatic nitrogens is 2. The van der Waals surface area contributed by atoms with Crippen molar-refractivity contribution < 1.29 is 9.59 Å². The number of rotatable bonds is 1. The summed E-state index contributed by atoms with van der Waals surface area (Å²) >= 11 is 0. The molecule has 4 nitrogen and oxygen atoms in total. The molecule has 60 valence electrons. The van der Waals surface area contributed by atoms with Crippen molar-refractivity contribution >= 4 is 6.15 Å². The summed E-state index contributed by atoms with van der Waals surface area (Å²) in [4.78, 5) is 20.3. The van der Waals surface area contributed by atoms with E-state index >= 15 is 0 Å². The summed E-state index contributed by atoms with van der Waals surface area (Å²) in [7, 11) is 1.98. The number of aryl methyl sites for hydroxylation is 2. The summed E-state index contributed by atoms with van der Waals surface area (Å²) in [6, 6.07) is 0. The molecule has 0 aliphatic carbocycles. The van der Waals surface area contributed by atoms with Gasteiger partial charge in [0.1, 0.15) is 0 Å². The lowest BCUT2D eigenvalue weighted by Gasteiger charge is -1.81.